The molecule has 0 N–H and O–H groups in total. The second-order valence-electron chi connectivity index (χ2n) is 3.05. The van der Waals surface area contributed by atoms with E-state index in [1.165, 1.54) is 0 Å². The lowest BCUT2D eigenvalue weighted by molar-refractivity contribution is 0.235. The van der Waals surface area contributed by atoms with Crippen LogP contribution in [0.1, 0.15) is 20.3 Å². The molecule has 0 aliphatic carbocycles. The number of hydrogen-bond donors (Lipinski definition) is 0. The monoisotopic (exact) mass is 191 g/mol. The smallest absolute Gasteiger partial charge is 0.252 e. The van der Waals surface area contributed by atoms with Crippen LogP contribution in [0.15, 0.2) is 0 Å². The van der Waals surface area contributed by atoms with Crippen LogP contribution in [-0.4, -0.2) is 20.8 Å². The van der Waals surface area contributed by atoms with Crippen LogP contribution in [0.3, 0.4) is 0 Å². The summed E-state index contributed by atoms with van der Waals surface area (Å²) >= 11 is 0. The van der Waals surface area contributed by atoms with Crippen molar-refractivity contribution < 1.29 is 12.6 Å². The van der Waals surface area contributed by atoms with Gasteiger partial charge in [-0.3, -0.25) is 4.18 Å². The topological polar surface area (TPSA) is 67.2 Å². The largest absolute Gasteiger partial charge is 0.265 e. The molecular formula is C7H13NO3S. The van der Waals surface area contributed by atoms with E-state index in [4.69, 9.17) is 5.26 Å². The summed E-state index contributed by atoms with van der Waals surface area (Å²) in [6.45, 7) is 3.80. The first-order valence-electron chi connectivity index (χ1n) is 3.63. The highest BCUT2D eigenvalue weighted by atomic mass is 32.2. The van der Waals surface area contributed by atoms with Crippen molar-refractivity contribution in [1.82, 2.24) is 0 Å². The lowest BCUT2D eigenvalue weighted by atomic mass is 10.1. The quantitative estimate of drug-likeness (QED) is 0.619. The molecule has 0 amide bonds. The second-order valence-corrected chi connectivity index (χ2v) is 4.65. The Morgan fingerprint density at radius 2 is 2.00 bits per heavy atom. The molecule has 0 rings (SSSR count). The van der Waals surface area contributed by atoms with Gasteiger partial charge < -0.3 is 0 Å². The Balaban J connectivity index is 4.13. The van der Waals surface area contributed by atoms with Gasteiger partial charge >= 0.3 is 0 Å². The zero-order valence-corrected chi connectivity index (χ0v) is 8.26. The van der Waals surface area contributed by atoms with E-state index >= 15 is 0 Å². The first-order chi connectivity index (χ1) is 5.35. The summed E-state index contributed by atoms with van der Waals surface area (Å²) in [4.78, 5) is 0. The van der Waals surface area contributed by atoms with Crippen molar-refractivity contribution in [3.63, 3.8) is 0 Å². The summed E-state index contributed by atoms with van der Waals surface area (Å²) in [7, 11) is -3.50. The summed E-state index contributed by atoms with van der Waals surface area (Å²) < 4.78 is 25.7. The molecule has 0 saturated heterocycles. The van der Waals surface area contributed by atoms with Gasteiger partial charge in [0, 0.05) is 0 Å². The predicted molar refractivity (Wildman–Crippen MR) is 44.8 cm³/mol. The summed E-state index contributed by atoms with van der Waals surface area (Å²) in [6, 6.07) is 1.79. The van der Waals surface area contributed by atoms with Gasteiger partial charge in [0.25, 0.3) is 10.1 Å². The molecule has 4 nitrogen and oxygen atoms in total. The number of nitriles is 1. The summed E-state index contributed by atoms with van der Waals surface area (Å²) in [5.74, 6) is 0.247. The highest BCUT2D eigenvalue weighted by Gasteiger charge is 2.15. The number of rotatable bonds is 4. The van der Waals surface area contributed by atoms with Crippen molar-refractivity contribution in [3.8, 4) is 6.07 Å². The minimum absolute atomic E-state index is 0.247. The molecule has 0 radical (unpaired) electrons. The Hall–Kier alpha value is -0.600. The summed E-state index contributed by atoms with van der Waals surface area (Å²) in [5.41, 5.74) is 0. The van der Waals surface area contributed by atoms with Crippen LogP contribution in [0.2, 0.25) is 0 Å². The Kier molecular flexibility index (Phi) is 4.21. The van der Waals surface area contributed by atoms with Crippen molar-refractivity contribution in [2.24, 2.45) is 5.92 Å². The Bertz CT molecular complexity index is 263. The van der Waals surface area contributed by atoms with E-state index in [1.54, 1.807) is 6.07 Å². The predicted octanol–water partition coefficient (Wildman–Crippen LogP) is 0.901. The van der Waals surface area contributed by atoms with Crippen molar-refractivity contribution in [2.75, 3.05) is 6.26 Å². The van der Waals surface area contributed by atoms with Gasteiger partial charge in [0.2, 0.25) is 0 Å². The maximum Gasteiger partial charge on any atom is 0.265 e. The molecule has 0 aliphatic heterocycles. The Morgan fingerprint density at radius 1 is 1.50 bits per heavy atom. The van der Waals surface area contributed by atoms with Crippen LogP contribution in [0.5, 0.6) is 0 Å². The highest BCUT2D eigenvalue weighted by molar-refractivity contribution is 7.86. The normalized spacial score (nSPS) is 14.2. The lowest BCUT2D eigenvalue weighted by Gasteiger charge is -2.10. The van der Waals surface area contributed by atoms with Gasteiger partial charge in [-0.25, -0.2) is 0 Å². The SMILES string of the molecule is CC(C)C[C@@H](C#N)OS(C)(=O)=O. The molecule has 0 aliphatic rings. The molecular weight excluding hydrogens is 178 g/mol. The van der Waals surface area contributed by atoms with E-state index in [1.807, 2.05) is 13.8 Å². The maximum absolute atomic E-state index is 10.6. The summed E-state index contributed by atoms with van der Waals surface area (Å²) in [6.07, 6.45) is 0.529. The zero-order chi connectivity index (χ0) is 9.78. The van der Waals surface area contributed by atoms with E-state index in [2.05, 4.69) is 4.18 Å². The van der Waals surface area contributed by atoms with Gasteiger partial charge in [-0.1, -0.05) is 13.8 Å². The first kappa shape index (κ1) is 11.4. The molecule has 1 atom stereocenters. The van der Waals surface area contributed by atoms with Gasteiger partial charge in [-0.2, -0.15) is 13.7 Å². The molecule has 5 heteroatoms. The third kappa shape index (κ3) is 6.13. The molecule has 0 saturated carbocycles. The first-order valence-corrected chi connectivity index (χ1v) is 5.44. The molecule has 0 aromatic carbocycles. The molecule has 0 bridgehead atoms. The van der Waals surface area contributed by atoms with E-state index in [0.717, 1.165) is 6.26 Å². The van der Waals surface area contributed by atoms with Crippen LogP contribution < -0.4 is 0 Å². The second kappa shape index (κ2) is 4.43. The maximum atomic E-state index is 10.6. The molecule has 70 valence electrons. The van der Waals surface area contributed by atoms with Crippen molar-refractivity contribution in [3.05, 3.63) is 0 Å². The van der Waals surface area contributed by atoms with E-state index in [-0.39, 0.29) is 5.92 Å². The van der Waals surface area contributed by atoms with Gasteiger partial charge in [0.05, 0.1) is 12.3 Å². The molecule has 0 aromatic heterocycles. The third-order valence-corrected chi connectivity index (χ3v) is 1.70. The number of hydrogen-bond acceptors (Lipinski definition) is 4. The van der Waals surface area contributed by atoms with Crippen molar-refractivity contribution in [1.29, 1.82) is 5.26 Å². The highest BCUT2D eigenvalue weighted by Crippen LogP contribution is 2.09. The average molecular weight is 191 g/mol. The van der Waals surface area contributed by atoms with Gasteiger partial charge in [0.1, 0.15) is 0 Å². The minimum atomic E-state index is -3.50. The molecule has 0 unspecified atom stereocenters. The van der Waals surface area contributed by atoms with Crippen LogP contribution in [0.25, 0.3) is 0 Å². The molecule has 0 spiro atoms. The average Bonchev–Trinajstić information content (AvgIpc) is 1.82. The fraction of sp³-hybridized carbons (Fsp3) is 0.857. The van der Waals surface area contributed by atoms with E-state index in [0.29, 0.717) is 6.42 Å². The molecule has 12 heavy (non-hydrogen) atoms. The standard InChI is InChI=1S/C7H13NO3S/c1-6(2)4-7(5-8)11-12(3,9)10/h6-7H,4H2,1-3H3/t7-/m0/s1. The molecule has 0 aromatic rings. The van der Waals surface area contributed by atoms with Crippen LogP contribution >= 0.6 is 0 Å². The van der Waals surface area contributed by atoms with Crippen molar-refractivity contribution >= 4 is 10.1 Å². The van der Waals surface area contributed by atoms with Crippen LogP contribution in [-0.2, 0) is 14.3 Å². The van der Waals surface area contributed by atoms with Crippen LogP contribution in [0, 0.1) is 17.2 Å². The van der Waals surface area contributed by atoms with Crippen molar-refractivity contribution in [2.45, 2.75) is 26.4 Å². The Labute approximate surface area is 73.3 Å². The lowest BCUT2D eigenvalue weighted by Crippen LogP contribution is -2.17. The van der Waals surface area contributed by atoms with Crippen LogP contribution in [0.4, 0.5) is 0 Å². The molecule has 0 heterocycles. The number of nitrogens with zero attached hydrogens (tertiary/aromatic N) is 1. The van der Waals surface area contributed by atoms with E-state index < -0.39 is 16.2 Å². The fourth-order valence-electron chi connectivity index (χ4n) is 0.753. The van der Waals surface area contributed by atoms with Gasteiger partial charge in [-0.05, 0) is 12.3 Å². The fourth-order valence-corrected chi connectivity index (χ4v) is 1.30. The summed E-state index contributed by atoms with van der Waals surface area (Å²) in [5, 5.41) is 8.50. The Morgan fingerprint density at radius 3 is 2.25 bits per heavy atom. The third-order valence-electron chi connectivity index (χ3n) is 1.12. The minimum Gasteiger partial charge on any atom is -0.252 e. The molecule has 0 fully saturated rings. The van der Waals surface area contributed by atoms with Gasteiger partial charge in [-0.15, -0.1) is 0 Å². The van der Waals surface area contributed by atoms with Gasteiger partial charge in [0.15, 0.2) is 6.10 Å². The zero-order valence-electron chi connectivity index (χ0n) is 7.44. The van der Waals surface area contributed by atoms with E-state index in [9.17, 15) is 8.42 Å².